The second-order valence-electron chi connectivity index (χ2n) is 3.37. The van der Waals surface area contributed by atoms with E-state index in [9.17, 15) is 0 Å². The molecule has 0 aromatic heterocycles. The second-order valence-corrected chi connectivity index (χ2v) is 4.65. The van der Waals surface area contributed by atoms with E-state index in [0.29, 0.717) is 0 Å². The summed E-state index contributed by atoms with van der Waals surface area (Å²) in [4.78, 5) is 2.63. The minimum absolute atomic E-state index is 1.01. The van der Waals surface area contributed by atoms with Crippen LogP contribution in [0.3, 0.4) is 0 Å². The standard InChI is InChI=1S/C7H11NS/c1-2-8(1)6-4-9-7-3-5(6)7/h5-7H,1-4H2. The van der Waals surface area contributed by atoms with Gasteiger partial charge in [-0.3, -0.25) is 4.90 Å². The molecule has 0 spiro atoms. The van der Waals surface area contributed by atoms with Crippen LogP contribution in [-0.2, 0) is 0 Å². The van der Waals surface area contributed by atoms with Crippen molar-refractivity contribution in [1.29, 1.82) is 0 Å². The third-order valence-electron chi connectivity index (χ3n) is 2.70. The lowest BCUT2D eigenvalue weighted by Gasteiger charge is -2.10. The predicted octanol–water partition coefficient (Wildman–Crippen LogP) is 0.806. The molecule has 0 aromatic rings. The van der Waals surface area contributed by atoms with Gasteiger partial charge in [0.15, 0.2) is 0 Å². The van der Waals surface area contributed by atoms with Crippen LogP contribution in [0, 0.1) is 5.92 Å². The quantitative estimate of drug-likeness (QED) is 0.497. The largest absolute Gasteiger partial charge is 0.297 e. The lowest BCUT2D eigenvalue weighted by molar-refractivity contribution is 0.401. The molecule has 9 heavy (non-hydrogen) atoms. The summed E-state index contributed by atoms with van der Waals surface area (Å²) in [6, 6.07) is 1.01. The van der Waals surface area contributed by atoms with E-state index in [1.165, 1.54) is 25.3 Å². The Bertz CT molecular complexity index is 144. The van der Waals surface area contributed by atoms with Gasteiger partial charge in [0, 0.05) is 30.1 Å². The first kappa shape index (κ1) is 5.03. The van der Waals surface area contributed by atoms with Gasteiger partial charge in [-0.05, 0) is 12.3 Å². The fourth-order valence-corrected chi connectivity index (χ4v) is 3.59. The zero-order valence-electron chi connectivity index (χ0n) is 5.42. The van der Waals surface area contributed by atoms with Gasteiger partial charge in [0.05, 0.1) is 0 Å². The summed E-state index contributed by atoms with van der Waals surface area (Å²) < 4.78 is 0. The predicted molar refractivity (Wildman–Crippen MR) is 39.7 cm³/mol. The van der Waals surface area contributed by atoms with Gasteiger partial charge >= 0.3 is 0 Å². The van der Waals surface area contributed by atoms with Crippen LogP contribution in [0.25, 0.3) is 0 Å². The van der Waals surface area contributed by atoms with E-state index in [0.717, 1.165) is 17.2 Å². The molecule has 1 saturated carbocycles. The fraction of sp³-hybridized carbons (Fsp3) is 1.00. The van der Waals surface area contributed by atoms with Crippen molar-refractivity contribution in [2.75, 3.05) is 18.8 Å². The summed E-state index contributed by atoms with van der Waals surface area (Å²) >= 11 is 2.21. The van der Waals surface area contributed by atoms with Gasteiger partial charge in [0.2, 0.25) is 0 Å². The third kappa shape index (κ3) is 0.665. The zero-order chi connectivity index (χ0) is 5.84. The van der Waals surface area contributed by atoms with Gasteiger partial charge < -0.3 is 0 Å². The fourth-order valence-electron chi connectivity index (χ4n) is 1.90. The molecule has 3 rings (SSSR count). The molecule has 3 atom stereocenters. The Morgan fingerprint density at radius 3 is 2.67 bits per heavy atom. The molecule has 0 bridgehead atoms. The molecule has 2 saturated heterocycles. The van der Waals surface area contributed by atoms with Crippen molar-refractivity contribution >= 4 is 11.8 Å². The summed E-state index contributed by atoms with van der Waals surface area (Å²) in [7, 11) is 0. The highest BCUT2D eigenvalue weighted by molar-refractivity contribution is 8.00. The number of hydrogen-bond acceptors (Lipinski definition) is 2. The van der Waals surface area contributed by atoms with Crippen LogP contribution in [0.15, 0.2) is 0 Å². The van der Waals surface area contributed by atoms with Crippen LogP contribution in [0.1, 0.15) is 6.42 Å². The molecule has 0 aromatic carbocycles. The van der Waals surface area contributed by atoms with Crippen molar-refractivity contribution in [3.63, 3.8) is 0 Å². The maximum absolute atomic E-state index is 2.63. The Kier molecular flexibility index (Phi) is 0.828. The van der Waals surface area contributed by atoms with Gasteiger partial charge in [-0.1, -0.05) is 0 Å². The third-order valence-corrected chi connectivity index (χ3v) is 4.21. The van der Waals surface area contributed by atoms with Crippen molar-refractivity contribution in [2.24, 2.45) is 5.92 Å². The van der Waals surface area contributed by atoms with Crippen LogP contribution >= 0.6 is 11.8 Å². The van der Waals surface area contributed by atoms with Crippen LogP contribution in [-0.4, -0.2) is 35.0 Å². The lowest BCUT2D eigenvalue weighted by Crippen LogP contribution is -2.20. The van der Waals surface area contributed by atoms with Gasteiger partial charge in [-0.15, -0.1) is 0 Å². The molecule has 50 valence electrons. The minimum atomic E-state index is 1.01. The molecule has 2 heterocycles. The van der Waals surface area contributed by atoms with E-state index < -0.39 is 0 Å². The van der Waals surface area contributed by atoms with Gasteiger partial charge in [-0.2, -0.15) is 11.8 Å². The first-order valence-electron chi connectivity index (χ1n) is 3.81. The highest BCUT2D eigenvalue weighted by atomic mass is 32.2. The van der Waals surface area contributed by atoms with E-state index in [1.807, 2.05) is 0 Å². The van der Waals surface area contributed by atoms with Crippen molar-refractivity contribution in [3.8, 4) is 0 Å². The van der Waals surface area contributed by atoms with Crippen LogP contribution in [0.4, 0.5) is 0 Å². The molecule has 1 aliphatic carbocycles. The van der Waals surface area contributed by atoms with Gasteiger partial charge in [-0.25, -0.2) is 0 Å². The first-order valence-corrected chi connectivity index (χ1v) is 4.86. The summed E-state index contributed by atoms with van der Waals surface area (Å²) in [6.07, 6.45) is 1.53. The summed E-state index contributed by atoms with van der Waals surface area (Å²) in [5, 5.41) is 1.09. The maximum Gasteiger partial charge on any atom is 0.0226 e. The average molecular weight is 141 g/mol. The van der Waals surface area contributed by atoms with E-state index >= 15 is 0 Å². The molecule has 0 amide bonds. The Hall–Kier alpha value is 0.310. The molecule has 2 heteroatoms. The van der Waals surface area contributed by atoms with Crippen molar-refractivity contribution in [2.45, 2.75) is 17.7 Å². The monoisotopic (exact) mass is 141 g/mol. The molecule has 2 aliphatic heterocycles. The highest BCUT2D eigenvalue weighted by Gasteiger charge is 2.52. The van der Waals surface area contributed by atoms with Gasteiger partial charge in [0.25, 0.3) is 0 Å². The van der Waals surface area contributed by atoms with Gasteiger partial charge in [0.1, 0.15) is 0 Å². The molecule has 0 radical (unpaired) electrons. The van der Waals surface area contributed by atoms with E-state index in [-0.39, 0.29) is 0 Å². The topological polar surface area (TPSA) is 3.01 Å². The molecule has 3 aliphatic rings. The summed E-state index contributed by atoms with van der Waals surface area (Å²) in [6.45, 7) is 2.79. The average Bonchev–Trinajstić information content (AvgIpc) is 2.74. The van der Waals surface area contributed by atoms with Crippen LogP contribution in [0.5, 0.6) is 0 Å². The molecule has 1 nitrogen and oxygen atoms in total. The Balaban J connectivity index is 1.76. The van der Waals surface area contributed by atoms with Crippen molar-refractivity contribution < 1.29 is 0 Å². The molecule has 3 unspecified atom stereocenters. The Labute approximate surface area is 59.8 Å². The molecular weight excluding hydrogens is 130 g/mol. The maximum atomic E-state index is 2.63. The van der Waals surface area contributed by atoms with Crippen LogP contribution in [0.2, 0.25) is 0 Å². The number of nitrogens with zero attached hydrogens (tertiary/aromatic N) is 1. The SMILES string of the molecule is C1C2SCC(N3CC3)C12. The highest BCUT2D eigenvalue weighted by Crippen LogP contribution is 2.53. The Morgan fingerprint density at radius 2 is 2.22 bits per heavy atom. The molecular formula is C7H11NS. The number of fused-ring (bicyclic) bond motifs is 1. The minimum Gasteiger partial charge on any atom is -0.297 e. The first-order chi connectivity index (χ1) is 4.45. The van der Waals surface area contributed by atoms with Crippen LogP contribution < -0.4 is 0 Å². The molecule has 0 N–H and O–H groups in total. The zero-order valence-corrected chi connectivity index (χ0v) is 6.23. The number of rotatable bonds is 1. The second kappa shape index (κ2) is 1.48. The summed E-state index contributed by atoms with van der Waals surface area (Å²) in [5.74, 6) is 2.56. The normalized spacial score (nSPS) is 55.3. The lowest BCUT2D eigenvalue weighted by atomic mass is 10.2. The smallest absolute Gasteiger partial charge is 0.0226 e. The number of hydrogen-bond donors (Lipinski definition) is 0. The van der Waals surface area contributed by atoms with E-state index in [1.54, 1.807) is 0 Å². The van der Waals surface area contributed by atoms with Crippen molar-refractivity contribution in [1.82, 2.24) is 4.90 Å². The molecule has 3 fully saturated rings. The van der Waals surface area contributed by atoms with Crippen molar-refractivity contribution in [3.05, 3.63) is 0 Å². The van der Waals surface area contributed by atoms with E-state index in [4.69, 9.17) is 0 Å². The Morgan fingerprint density at radius 1 is 1.33 bits per heavy atom. The van der Waals surface area contributed by atoms with E-state index in [2.05, 4.69) is 16.7 Å². The number of thioether (sulfide) groups is 1. The summed E-state index contributed by atoms with van der Waals surface area (Å²) in [5.41, 5.74) is 0.